The van der Waals surface area contributed by atoms with E-state index in [9.17, 15) is 18.3 Å². The van der Waals surface area contributed by atoms with Crippen molar-refractivity contribution in [3.63, 3.8) is 0 Å². The number of carbonyl (C=O) groups is 1. The average molecular weight is 425 g/mol. The van der Waals surface area contributed by atoms with Crippen molar-refractivity contribution in [1.82, 2.24) is 0 Å². The first-order valence-corrected chi connectivity index (χ1v) is 10.6. The molecule has 148 valence electrons. The monoisotopic (exact) mass is 424 g/mol. The number of hydrogen-bond donors (Lipinski definition) is 2. The SMILES string of the molecule is O=C(Nc1cc(N2CCCS2(=O)=O)ccc1O)c1cc(Cl)c2c(c1)OCCO2. The first kappa shape index (κ1) is 18.7. The van der Waals surface area contributed by atoms with Crippen LogP contribution in [0.3, 0.4) is 0 Å². The highest BCUT2D eigenvalue weighted by atomic mass is 35.5. The Morgan fingerprint density at radius 2 is 1.96 bits per heavy atom. The van der Waals surface area contributed by atoms with E-state index in [2.05, 4.69) is 5.32 Å². The number of anilines is 2. The van der Waals surface area contributed by atoms with E-state index in [0.717, 1.165) is 0 Å². The minimum Gasteiger partial charge on any atom is -0.506 e. The molecule has 10 heteroatoms. The molecule has 2 aliphatic heterocycles. The van der Waals surface area contributed by atoms with E-state index in [-0.39, 0.29) is 27.8 Å². The summed E-state index contributed by atoms with van der Waals surface area (Å²) in [5.74, 6) is 0.108. The number of nitrogens with zero attached hydrogens (tertiary/aromatic N) is 1. The van der Waals surface area contributed by atoms with Gasteiger partial charge in [-0.05, 0) is 36.8 Å². The predicted octanol–water partition coefficient (Wildman–Crippen LogP) is 2.61. The number of sulfonamides is 1. The van der Waals surface area contributed by atoms with Gasteiger partial charge in [0.15, 0.2) is 11.5 Å². The fourth-order valence-electron chi connectivity index (χ4n) is 3.15. The summed E-state index contributed by atoms with van der Waals surface area (Å²) in [4.78, 5) is 12.7. The van der Waals surface area contributed by atoms with Crippen molar-refractivity contribution < 1.29 is 27.8 Å². The number of phenols is 1. The number of benzene rings is 2. The van der Waals surface area contributed by atoms with Gasteiger partial charge in [0.1, 0.15) is 19.0 Å². The number of ether oxygens (including phenoxy) is 2. The van der Waals surface area contributed by atoms with Crippen LogP contribution < -0.4 is 19.1 Å². The minimum absolute atomic E-state index is 0.0747. The second-order valence-electron chi connectivity index (χ2n) is 6.38. The fourth-order valence-corrected chi connectivity index (χ4v) is 4.97. The molecular formula is C18H17ClN2O6S. The molecule has 1 saturated heterocycles. The van der Waals surface area contributed by atoms with Crippen LogP contribution >= 0.6 is 11.6 Å². The molecule has 2 N–H and O–H groups in total. The van der Waals surface area contributed by atoms with E-state index in [1.165, 1.54) is 34.6 Å². The van der Waals surface area contributed by atoms with Gasteiger partial charge in [-0.15, -0.1) is 0 Å². The van der Waals surface area contributed by atoms with Crippen LogP contribution in [0, 0.1) is 0 Å². The van der Waals surface area contributed by atoms with Gasteiger partial charge >= 0.3 is 0 Å². The molecule has 0 bridgehead atoms. The quantitative estimate of drug-likeness (QED) is 0.734. The second-order valence-corrected chi connectivity index (χ2v) is 8.80. The maximum Gasteiger partial charge on any atom is 0.255 e. The number of aromatic hydroxyl groups is 1. The van der Waals surface area contributed by atoms with Gasteiger partial charge in [0, 0.05) is 12.1 Å². The topological polar surface area (TPSA) is 105 Å². The highest BCUT2D eigenvalue weighted by Gasteiger charge is 2.29. The van der Waals surface area contributed by atoms with Gasteiger partial charge in [-0.25, -0.2) is 8.42 Å². The Kier molecular flexibility index (Phi) is 4.72. The maximum absolute atomic E-state index is 12.7. The molecule has 0 unspecified atom stereocenters. The standard InChI is InChI=1S/C18H17ClN2O6S/c19-13-8-11(9-16-17(13)27-6-5-26-16)18(23)20-14-10-12(2-3-15(14)22)21-4-1-7-28(21,24)25/h2-3,8-10,22H,1,4-7H2,(H,20,23). The number of phenolic OH excluding ortho intramolecular Hbond substituents is 1. The summed E-state index contributed by atoms with van der Waals surface area (Å²) in [7, 11) is -3.38. The zero-order chi connectivity index (χ0) is 19.9. The molecule has 1 amide bonds. The van der Waals surface area contributed by atoms with Crippen LogP contribution in [0.25, 0.3) is 0 Å². The third-order valence-electron chi connectivity index (χ3n) is 4.47. The number of fused-ring (bicyclic) bond motifs is 1. The van der Waals surface area contributed by atoms with Crippen molar-refractivity contribution >= 4 is 38.9 Å². The van der Waals surface area contributed by atoms with Crippen LogP contribution in [-0.2, 0) is 10.0 Å². The summed E-state index contributed by atoms with van der Waals surface area (Å²) in [6.07, 6.45) is 0.528. The summed E-state index contributed by atoms with van der Waals surface area (Å²) in [6, 6.07) is 7.21. The van der Waals surface area contributed by atoms with Crippen molar-refractivity contribution in [2.24, 2.45) is 0 Å². The first-order chi connectivity index (χ1) is 13.3. The van der Waals surface area contributed by atoms with E-state index in [4.69, 9.17) is 21.1 Å². The van der Waals surface area contributed by atoms with Crippen LogP contribution in [0.1, 0.15) is 16.8 Å². The summed E-state index contributed by atoms with van der Waals surface area (Å²) in [5, 5.41) is 12.9. The molecule has 0 aromatic heterocycles. The Balaban J connectivity index is 1.61. The van der Waals surface area contributed by atoms with E-state index >= 15 is 0 Å². The van der Waals surface area contributed by atoms with Crippen molar-refractivity contribution in [2.45, 2.75) is 6.42 Å². The molecule has 0 spiro atoms. The maximum atomic E-state index is 12.7. The minimum atomic E-state index is -3.38. The Labute approximate surface area is 166 Å². The Morgan fingerprint density at radius 3 is 2.71 bits per heavy atom. The number of halogens is 1. The molecule has 2 aromatic rings. The predicted molar refractivity (Wildman–Crippen MR) is 104 cm³/mol. The lowest BCUT2D eigenvalue weighted by atomic mass is 10.1. The normalized spacial score (nSPS) is 17.4. The van der Waals surface area contributed by atoms with Crippen LogP contribution in [0.2, 0.25) is 5.02 Å². The third kappa shape index (κ3) is 3.43. The van der Waals surface area contributed by atoms with Crippen LogP contribution in [0.4, 0.5) is 11.4 Å². The van der Waals surface area contributed by atoms with Crippen molar-refractivity contribution in [3.05, 3.63) is 40.9 Å². The lowest BCUT2D eigenvalue weighted by Gasteiger charge is -2.20. The summed E-state index contributed by atoms with van der Waals surface area (Å²) < 4.78 is 36.4. The molecule has 8 nitrogen and oxygen atoms in total. The highest BCUT2D eigenvalue weighted by molar-refractivity contribution is 7.93. The molecule has 0 saturated carbocycles. The van der Waals surface area contributed by atoms with E-state index < -0.39 is 15.9 Å². The summed E-state index contributed by atoms with van der Waals surface area (Å²) >= 11 is 6.16. The van der Waals surface area contributed by atoms with Gasteiger partial charge in [0.25, 0.3) is 5.91 Å². The van der Waals surface area contributed by atoms with Crippen molar-refractivity contribution in [3.8, 4) is 17.2 Å². The molecule has 2 aliphatic rings. The second kappa shape index (κ2) is 7.06. The van der Waals surface area contributed by atoms with Crippen molar-refractivity contribution in [1.29, 1.82) is 0 Å². The molecule has 0 atom stereocenters. The highest BCUT2D eigenvalue weighted by Crippen LogP contribution is 2.39. The van der Waals surface area contributed by atoms with Gasteiger partial charge in [0.05, 0.1) is 22.2 Å². The molecule has 0 radical (unpaired) electrons. The fraction of sp³-hybridized carbons (Fsp3) is 0.278. The lowest BCUT2D eigenvalue weighted by Crippen LogP contribution is -2.25. The van der Waals surface area contributed by atoms with Gasteiger partial charge in [-0.1, -0.05) is 11.6 Å². The number of nitrogens with one attached hydrogen (secondary N) is 1. The van der Waals surface area contributed by atoms with E-state index in [0.29, 0.717) is 43.4 Å². The smallest absolute Gasteiger partial charge is 0.255 e. The van der Waals surface area contributed by atoms with Crippen molar-refractivity contribution in [2.75, 3.05) is 35.1 Å². The third-order valence-corrected chi connectivity index (χ3v) is 6.62. The largest absolute Gasteiger partial charge is 0.506 e. The van der Waals surface area contributed by atoms with Gasteiger partial charge in [0.2, 0.25) is 10.0 Å². The Morgan fingerprint density at radius 1 is 1.18 bits per heavy atom. The number of amides is 1. The molecule has 2 heterocycles. The molecule has 0 aliphatic carbocycles. The Bertz CT molecular complexity index is 1060. The van der Waals surface area contributed by atoms with Crippen LogP contribution in [0.5, 0.6) is 17.2 Å². The van der Waals surface area contributed by atoms with Crippen LogP contribution in [0.15, 0.2) is 30.3 Å². The zero-order valence-electron chi connectivity index (χ0n) is 14.6. The molecule has 28 heavy (non-hydrogen) atoms. The summed E-state index contributed by atoms with van der Waals surface area (Å²) in [5.41, 5.74) is 0.689. The first-order valence-electron chi connectivity index (χ1n) is 8.59. The summed E-state index contributed by atoms with van der Waals surface area (Å²) in [6.45, 7) is 1.08. The molecular weight excluding hydrogens is 408 g/mol. The van der Waals surface area contributed by atoms with Gasteiger partial charge in [-0.2, -0.15) is 0 Å². The van der Waals surface area contributed by atoms with Crippen LogP contribution in [-0.4, -0.2) is 44.9 Å². The number of hydrogen-bond acceptors (Lipinski definition) is 6. The average Bonchev–Trinajstić information content (AvgIpc) is 3.02. The number of rotatable bonds is 3. The van der Waals surface area contributed by atoms with Gasteiger partial charge in [-0.3, -0.25) is 9.10 Å². The van der Waals surface area contributed by atoms with Gasteiger partial charge < -0.3 is 19.9 Å². The Hall–Kier alpha value is -2.65. The number of carbonyl (C=O) groups excluding carboxylic acids is 1. The van der Waals surface area contributed by atoms with E-state index in [1.54, 1.807) is 0 Å². The lowest BCUT2D eigenvalue weighted by molar-refractivity contribution is 0.102. The molecule has 1 fully saturated rings. The molecule has 2 aromatic carbocycles. The molecule has 4 rings (SSSR count). The van der Waals surface area contributed by atoms with E-state index in [1.807, 2.05) is 0 Å². The zero-order valence-corrected chi connectivity index (χ0v) is 16.2.